The lowest BCUT2D eigenvalue weighted by Crippen LogP contribution is -2.22. The molecule has 0 N–H and O–H groups in total. The molecule has 1 aliphatic rings. The minimum atomic E-state index is -0.399. The summed E-state index contributed by atoms with van der Waals surface area (Å²) in [7, 11) is 0. The van der Waals surface area contributed by atoms with E-state index in [9.17, 15) is 8.78 Å². The standard InChI is InChI=1S/C19H17F2N3O/c1-12-7-14(21)9-15(8-12)24-6-2-3-16-18(11-24)25-19(23-16)17-5-4-13(20)10-22-17/h4-5,7-10H,2-3,6,11H2,1H3. The number of pyridine rings is 1. The van der Waals surface area contributed by atoms with Gasteiger partial charge < -0.3 is 9.32 Å². The lowest BCUT2D eigenvalue weighted by atomic mass is 10.2. The molecule has 2 aromatic heterocycles. The molecule has 6 heteroatoms. The van der Waals surface area contributed by atoms with E-state index >= 15 is 0 Å². The molecule has 0 spiro atoms. The summed E-state index contributed by atoms with van der Waals surface area (Å²) >= 11 is 0. The number of fused-ring (bicyclic) bond motifs is 1. The van der Waals surface area contributed by atoms with Gasteiger partial charge in [-0.3, -0.25) is 0 Å². The zero-order chi connectivity index (χ0) is 17.4. The van der Waals surface area contributed by atoms with Gasteiger partial charge in [-0.2, -0.15) is 0 Å². The molecule has 1 aliphatic heterocycles. The van der Waals surface area contributed by atoms with Gasteiger partial charge in [-0.1, -0.05) is 0 Å². The van der Waals surface area contributed by atoms with E-state index < -0.39 is 5.82 Å². The molecule has 4 nitrogen and oxygen atoms in total. The van der Waals surface area contributed by atoms with Gasteiger partial charge in [-0.05, 0) is 55.7 Å². The Labute approximate surface area is 144 Å². The first-order valence-electron chi connectivity index (χ1n) is 8.21. The van der Waals surface area contributed by atoms with E-state index in [4.69, 9.17) is 4.42 Å². The summed E-state index contributed by atoms with van der Waals surface area (Å²) in [5.41, 5.74) is 3.11. The van der Waals surface area contributed by atoms with E-state index in [1.54, 1.807) is 6.07 Å². The highest BCUT2D eigenvalue weighted by molar-refractivity contribution is 5.51. The van der Waals surface area contributed by atoms with Crippen LogP contribution in [0.1, 0.15) is 23.4 Å². The van der Waals surface area contributed by atoms with E-state index in [1.807, 2.05) is 13.0 Å². The minimum Gasteiger partial charge on any atom is -0.438 e. The molecule has 0 bridgehead atoms. The molecule has 1 aromatic carbocycles. The van der Waals surface area contributed by atoms with Gasteiger partial charge in [-0.15, -0.1) is 0 Å². The normalized spacial score (nSPS) is 14.3. The van der Waals surface area contributed by atoms with Crippen molar-refractivity contribution in [3.63, 3.8) is 0 Å². The maximum absolute atomic E-state index is 13.7. The Balaban J connectivity index is 1.65. The van der Waals surface area contributed by atoms with Crippen molar-refractivity contribution < 1.29 is 13.2 Å². The van der Waals surface area contributed by atoms with Crippen molar-refractivity contribution in [1.29, 1.82) is 0 Å². The fraction of sp³-hybridized carbons (Fsp3) is 0.263. The Morgan fingerprint density at radius 2 is 2.00 bits per heavy atom. The molecule has 3 aromatic rings. The lowest BCUT2D eigenvalue weighted by Gasteiger charge is -2.22. The number of aryl methyl sites for hydroxylation is 2. The summed E-state index contributed by atoms with van der Waals surface area (Å²) in [5, 5.41) is 0. The largest absolute Gasteiger partial charge is 0.438 e. The molecule has 4 rings (SSSR count). The van der Waals surface area contributed by atoms with Gasteiger partial charge in [0.1, 0.15) is 23.1 Å². The van der Waals surface area contributed by atoms with Crippen LogP contribution in [0.25, 0.3) is 11.6 Å². The summed E-state index contributed by atoms with van der Waals surface area (Å²) in [6.45, 7) is 3.20. The first-order chi connectivity index (χ1) is 12.1. The van der Waals surface area contributed by atoms with Crippen LogP contribution in [0.2, 0.25) is 0 Å². The van der Waals surface area contributed by atoms with E-state index in [-0.39, 0.29) is 5.82 Å². The van der Waals surface area contributed by atoms with Crippen LogP contribution in [-0.2, 0) is 13.0 Å². The van der Waals surface area contributed by atoms with Gasteiger partial charge in [0, 0.05) is 12.2 Å². The SMILES string of the molecule is Cc1cc(F)cc(N2CCCc3nc(-c4ccc(F)cn4)oc3C2)c1. The first-order valence-corrected chi connectivity index (χ1v) is 8.21. The molecular formula is C19H17F2N3O. The van der Waals surface area contributed by atoms with Crippen molar-refractivity contribution in [2.75, 3.05) is 11.4 Å². The predicted octanol–water partition coefficient (Wildman–Crippen LogP) is 4.28. The zero-order valence-corrected chi connectivity index (χ0v) is 13.8. The Morgan fingerprint density at radius 1 is 1.12 bits per heavy atom. The summed E-state index contributed by atoms with van der Waals surface area (Å²) < 4.78 is 32.7. The monoisotopic (exact) mass is 341 g/mol. The first kappa shape index (κ1) is 15.7. The average Bonchev–Trinajstić information content (AvgIpc) is 2.86. The van der Waals surface area contributed by atoms with Crippen LogP contribution in [-0.4, -0.2) is 16.5 Å². The highest BCUT2D eigenvalue weighted by Gasteiger charge is 2.22. The van der Waals surface area contributed by atoms with Crippen LogP contribution in [0.4, 0.5) is 14.5 Å². The van der Waals surface area contributed by atoms with Gasteiger partial charge in [0.05, 0.1) is 18.4 Å². The number of oxazole rings is 1. The van der Waals surface area contributed by atoms with E-state index in [2.05, 4.69) is 14.9 Å². The number of halogens is 2. The van der Waals surface area contributed by atoms with Crippen LogP contribution in [0.5, 0.6) is 0 Å². The summed E-state index contributed by atoms with van der Waals surface area (Å²) in [6, 6.07) is 7.90. The van der Waals surface area contributed by atoms with Crippen LogP contribution >= 0.6 is 0 Å². The Hall–Kier alpha value is -2.76. The zero-order valence-electron chi connectivity index (χ0n) is 13.8. The summed E-state index contributed by atoms with van der Waals surface area (Å²) in [6.07, 6.45) is 2.82. The maximum atomic E-state index is 13.7. The number of rotatable bonds is 2. The lowest BCUT2D eigenvalue weighted by molar-refractivity contribution is 0.510. The molecule has 0 unspecified atom stereocenters. The summed E-state index contributed by atoms with van der Waals surface area (Å²) in [5.74, 6) is 0.501. The smallest absolute Gasteiger partial charge is 0.245 e. The van der Waals surface area contributed by atoms with Crippen molar-refractivity contribution in [2.24, 2.45) is 0 Å². The second-order valence-electron chi connectivity index (χ2n) is 6.26. The Kier molecular flexibility index (Phi) is 3.95. The fourth-order valence-electron chi connectivity index (χ4n) is 3.12. The number of aromatic nitrogens is 2. The van der Waals surface area contributed by atoms with Crippen LogP contribution in [0.3, 0.4) is 0 Å². The predicted molar refractivity (Wildman–Crippen MR) is 90.2 cm³/mol. The van der Waals surface area contributed by atoms with E-state index in [0.29, 0.717) is 18.1 Å². The number of anilines is 1. The van der Waals surface area contributed by atoms with Gasteiger partial charge in [0.15, 0.2) is 0 Å². The van der Waals surface area contributed by atoms with Crippen molar-refractivity contribution in [3.05, 3.63) is 65.2 Å². The van der Waals surface area contributed by atoms with Crippen molar-refractivity contribution in [1.82, 2.24) is 9.97 Å². The average molecular weight is 341 g/mol. The third-order valence-corrected chi connectivity index (χ3v) is 4.29. The highest BCUT2D eigenvalue weighted by Crippen LogP contribution is 2.28. The van der Waals surface area contributed by atoms with Crippen molar-refractivity contribution in [3.8, 4) is 11.6 Å². The number of hydrogen-bond donors (Lipinski definition) is 0. The quantitative estimate of drug-likeness (QED) is 0.698. The van der Waals surface area contributed by atoms with Crippen molar-refractivity contribution >= 4 is 5.69 Å². The van der Waals surface area contributed by atoms with E-state index in [0.717, 1.165) is 48.3 Å². The molecule has 0 aliphatic carbocycles. The molecule has 128 valence electrons. The molecule has 0 radical (unpaired) electrons. The number of hydrogen-bond acceptors (Lipinski definition) is 4. The van der Waals surface area contributed by atoms with Crippen LogP contribution in [0, 0.1) is 18.6 Å². The minimum absolute atomic E-state index is 0.242. The fourth-order valence-corrected chi connectivity index (χ4v) is 3.12. The number of benzene rings is 1. The molecule has 0 atom stereocenters. The second-order valence-corrected chi connectivity index (χ2v) is 6.26. The van der Waals surface area contributed by atoms with Crippen LogP contribution < -0.4 is 4.90 Å². The van der Waals surface area contributed by atoms with Gasteiger partial charge in [0.25, 0.3) is 0 Å². The third kappa shape index (κ3) is 3.24. The van der Waals surface area contributed by atoms with Gasteiger partial charge in [-0.25, -0.2) is 18.7 Å². The topological polar surface area (TPSA) is 42.2 Å². The molecule has 0 amide bonds. The van der Waals surface area contributed by atoms with Crippen molar-refractivity contribution in [2.45, 2.75) is 26.3 Å². The van der Waals surface area contributed by atoms with Gasteiger partial charge >= 0.3 is 0 Å². The third-order valence-electron chi connectivity index (χ3n) is 4.29. The van der Waals surface area contributed by atoms with Crippen LogP contribution in [0.15, 0.2) is 40.9 Å². The van der Waals surface area contributed by atoms with E-state index in [1.165, 1.54) is 18.2 Å². The Bertz CT molecular complexity index is 885. The molecule has 25 heavy (non-hydrogen) atoms. The highest BCUT2D eigenvalue weighted by atomic mass is 19.1. The maximum Gasteiger partial charge on any atom is 0.245 e. The summed E-state index contributed by atoms with van der Waals surface area (Å²) in [4.78, 5) is 10.6. The van der Waals surface area contributed by atoms with Gasteiger partial charge in [0.2, 0.25) is 5.89 Å². The number of nitrogens with zero attached hydrogens (tertiary/aromatic N) is 3. The molecule has 3 heterocycles. The molecule has 0 saturated heterocycles. The molecule has 0 saturated carbocycles. The Morgan fingerprint density at radius 3 is 2.76 bits per heavy atom. The molecule has 0 fully saturated rings. The molecular weight excluding hydrogens is 324 g/mol. The second kappa shape index (κ2) is 6.27.